The van der Waals surface area contributed by atoms with Gasteiger partial charge in [-0.25, -0.2) is 9.48 Å². The molecule has 0 saturated heterocycles. The molecule has 0 fully saturated rings. The molecule has 0 aliphatic heterocycles. The summed E-state index contributed by atoms with van der Waals surface area (Å²) in [6.07, 6.45) is 2.98. The number of ether oxygens (including phenoxy) is 1. The van der Waals surface area contributed by atoms with Crippen molar-refractivity contribution in [3.63, 3.8) is 0 Å². The maximum absolute atomic E-state index is 11.9. The molecule has 3 rings (SSSR count). The Labute approximate surface area is 120 Å². The molecular formula is C14H11N5O2. The number of hydrogen-bond acceptors (Lipinski definition) is 6. The van der Waals surface area contributed by atoms with Gasteiger partial charge in [-0.15, -0.1) is 5.10 Å². The number of rotatable bonds is 3. The van der Waals surface area contributed by atoms with Crippen LogP contribution in [0.25, 0.3) is 5.69 Å². The van der Waals surface area contributed by atoms with Gasteiger partial charge in [0.2, 0.25) is 0 Å². The van der Waals surface area contributed by atoms with Gasteiger partial charge in [-0.05, 0) is 53.7 Å². The van der Waals surface area contributed by atoms with Crippen LogP contribution >= 0.6 is 0 Å². The second-order valence-electron chi connectivity index (χ2n) is 4.33. The van der Waals surface area contributed by atoms with Crippen molar-refractivity contribution in [2.75, 3.05) is 0 Å². The molecule has 104 valence electrons. The molecule has 0 bridgehead atoms. The Balaban J connectivity index is 1.73. The highest BCUT2D eigenvalue weighted by Gasteiger charge is 2.09. The highest BCUT2D eigenvalue weighted by molar-refractivity contribution is 5.90. The normalized spacial score (nSPS) is 10.3. The van der Waals surface area contributed by atoms with Crippen molar-refractivity contribution in [2.45, 2.75) is 6.92 Å². The lowest BCUT2D eigenvalue weighted by molar-refractivity contribution is 0.0734. The van der Waals surface area contributed by atoms with Gasteiger partial charge in [0.05, 0.1) is 11.3 Å². The molecule has 2 heterocycles. The zero-order valence-corrected chi connectivity index (χ0v) is 11.2. The van der Waals surface area contributed by atoms with Crippen molar-refractivity contribution in [1.82, 2.24) is 25.2 Å². The number of aromatic nitrogens is 5. The first-order valence-corrected chi connectivity index (χ1v) is 6.20. The molecule has 3 aromatic rings. The third kappa shape index (κ3) is 2.92. The van der Waals surface area contributed by atoms with E-state index in [9.17, 15) is 4.79 Å². The van der Waals surface area contributed by atoms with E-state index in [2.05, 4.69) is 20.5 Å². The van der Waals surface area contributed by atoms with Crippen LogP contribution in [0.4, 0.5) is 0 Å². The van der Waals surface area contributed by atoms with Gasteiger partial charge in [0.15, 0.2) is 0 Å². The fraction of sp³-hybridized carbons (Fsp3) is 0.0714. The molecule has 1 aromatic carbocycles. The number of carbonyl (C=O) groups excluding carboxylic acids is 1. The van der Waals surface area contributed by atoms with Gasteiger partial charge < -0.3 is 4.74 Å². The smallest absolute Gasteiger partial charge is 0.345 e. The summed E-state index contributed by atoms with van der Waals surface area (Å²) in [7, 11) is 0. The predicted molar refractivity (Wildman–Crippen MR) is 73.1 cm³/mol. The molecule has 0 spiro atoms. The Morgan fingerprint density at radius 3 is 2.57 bits per heavy atom. The Morgan fingerprint density at radius 2 is 1.95 bits per heavy atom. The lowest BCUT2D eigenvalue weighted by Gasteiger charge is -2.05. The fourth-order valence-corrected chi connectivity index (χ4v) is 1.70. The number of esters is 1. The van der Waals surface area contributed by atoms with Gasteiger partial charge in [0.1, 0.15) is 12.1 Å². The molecule has 0 aliphatic carbocycles. The van der Waals surface area contributed by atoms with E-state index in [1.54, 1.807) is 36.4 Å². The minimum Gasteiger partial charge on any atom is -0.423 e. The summed E-state index contributed by atoms with van der Waals surface area (Å²) >= 11 is 0. The Bertz CT molecular complexity index is 736. The van der Waals surface area contributed by atoms with Gasteiger partial charge in [-0.2, -0.15) is 0 Å². The lowest BCUT2D eigenvalue weighted by Crippen LogP contribution is -2.09. The van der Waals surface area contributed by atoms with Crippen molar-refractivity contribution in [1.29, 1.82) is 0 Å². The average Bonchev–Trinajstić information content (AvgIpc) is 3.03. The van der Waals surface area contributed by atoms with E-state index in [0.717, 1.165) is 11.4 Å². The highest BCUT2D eigenvalue weighted by atomic mass is 16.5. The summed E-state index contributed by atoms with van der Waals surface area (Å²) in [5.74, 6) is -0.00456. The van der Waals surface area contributed by atoms with E-state index in [0.29, 0.717) is 11.3 Å². The maximum atomic E-state index is 11.9. The van der Waals surface area contributed by atoms with Gasteiger partial charge >= 0.3 is 5.97 Å². The summed E-state index contributed by atoms with van der Waals surface area (Å²) in [6, 6.07) is 10.3. The standard InChI is InChI=1S/C14H11N5O2/c1-10-2-3-11(8-15-10)14(20)21-13-6-4-12(5-7-13)19-9-16-17-18-19/h2-9H,1H3. The number of tetrazole rings is 1. The van der Waals surface area contributed by atoms with Gasteiger partial charge in [-0.1, -0.05) is 0 Å². The van der Waals surface area contributed by atoms with E-state index in [-0.39, 0.29) is 0 Å². The summed E-state index contributed by atoms with van der Waals surface area (Å²) in [5.41, 5.74) is 2.03. The van der Waals surface area contributed by atoms with Crippen LogP contribution in [0.5, 0.6) is 5.75 Å². The minimum absolute atomic E-state index is 0.408. The maximum Gasteiger partial charge on any atom is 0.345 e. The molecule has 0 atom stereocenters. The van der Waals surface area contributed by atoms with Crippen molar-refractivity contribution in [2.24, 2.45) is 0 Å². The second-order valence-corrected chi connectivity index (χ2v) is 4.33. The third-order valence-electron chi connectivity index (χ3n) is 2.81. The van der Waals surface area contributed by atoms with Crippen molar-refractivity contribution < 1.29 is 9.53 Å². The van der Waals surface area contributed by atoms with Gasteiger partial charge in [0, 0.05) is 11.9 Å². The number of pyridine rings is 1. The monoisotopic (exact) mass is 281 g/mol. The summed E-state index contributed by atoms with van der Waals surface area (Å²) in [4.78, 5) is 16.0. The van der Waals surface area contributed by atoms with E-state index in [4.69, 9.17) is 4.74 Å². The molecule has 0 amide bonds. The summed E-state index contributed by atoms with van der Waals surface area (Å²) in [6.45, 7) is 1.85. The quantitative estimate of drug-likeness (QED) is 0.535. The van der Waals surface area contributed by atoms with E-state index >= 15 is 0 Å². The molecule has 0 radical (unpaired) electrons. The zero-order valence-electron chi connectivity index (χ0n) is 11.2. The molecule has 7 heteroatoms. The fourth-order valence-electron chi connectivity index (χ4n) is 1.70. The van der Waals surface area contributed by atoms with Crippen molar-refractivity contribution >= 4 is 5.97 Å². The van der Waals surface area contributed by atoms with Crippen LogP contribution in [0, 0.1) is 6.92 Å². The molecule has 2 aromatic heterocycles. The average molecular weight is 281 g/mol. The number of nitrogens with zero attached hydrogens (tertiary/aromatic N) is 5. The molecular weight excluding hydrogens is 270 g/mol. The number of aryl methyl sites for hydroxylation is 1. The first kappa shape index (κ1) is 12.9. The molecule has 0 unspecified atom stereocenters. The molecule has 0 saturated carbocycles. The van der Waals surface area contributed by atoms with Crippen LogP contribution in [0.2, 0.25) is 0 Å². The molecule has 7 nitrogen and oxygen atoms in total. The molecule has 0 N–H and O–H groups in total. The Kier molecular flexibility index (Phi) is 3.38. The largest absolute Gasteiger partial charge is 0.423 e. The number of carbonyl (C=O) groups is 1. The van der Waals surface area contributed by atoms with Crippen molar-refractivity contribution in [3.05, 3.63) is 60.2 Å². The van der Waals surface area contributed by atoms with Crippen LogP contribution in [0.1, 0.15) is 16.1 Å². The Morgan fingerprint density at radius 1 is 1.14 bits per heavy atom. The third-order valence-corrected chi connectivity index (χ3v) is 2.81. The molecule has 21 heavy (non-hydrogen) atoms. The second kappa shape index (κ2) is 5.49. The first-order valence-electron chi connectivity index (χ1n) is 6.20. The lowest BCUT2D eigenvalue weighted by atomic mass is 10.2. The van der Waals surface area contributed by atoms with Crippen LogP contribution in [0.15, 0.2) is 48.9 Å². The van der Waals surface area contributed by atoms with E-state index in [1.807, 2.05) is 6.92 Å². The highest BCUT2D eigenvalue weighted by Crippen LogP contribution is 2.15. The van der Waals surface area contributed by atoms with Crippen LogP contribution in [-0.2, 0) is 0 Å². The number of hydrogen-bond donors (Lipinski definition) is 0. The predicted octanol–water partition coefficient (Wildman–Crippen LogP) is 1.58. The topological polar surface area (TPSA) is 82.8 Å². The zero-order chi connectivity index (χ0) is 14.7. The van der Waals surface area contributed by atoms with Crippen LogP contribution < -0.4 is 4.74 Å². The summed E-state index contributed by atoms with van der Waals surface area (Å²) < 4.78 is 6.78. The summed E-state index contributed by atoms with van der Waals surface area (Å²) in [5, 5.41) is 10.9. The SMILES string of the molecule is Cc1ccc(C(=O)Oc2ccc(-n3cnnn3)cc2)cn1. The van der Waals surface area contributed by atoms with E-state index in [1.165, 1.54) is 17.2 Å². The van der Waals surface area contributed by atoms with Crippen molar-refractivity contribution in [3.8, 4) is 11.4 Å². The number of benzene rings is 1. The van der Waals surface area contributed by atoms with Crippen LogP contribution in [-0.4, -0.2) is 31.2 Å². The Hall–Kier alpha value is -3.09. The first-order chi connectivity index (χ1) is 10.2. The van der Waals surface area contributed by atoms with Crippen LogP contribution in [0.3, 0.4) is 0 Å². The van der Waals surface area contributed by atoms with Gasteiger partial charge in [0.25, 0.3) is 0 Å². The van der Waals surface area contributed by atoms with Gasteiger partial charge in [-0.3, -0.25) is 4.98 Å². The van der Waals surface area contributed by atoms with E-state index < -0.39 is 5.97 Å². The minimum atomic E-state index is -0.447. The molecule has 0 aliphatic rings.